The Bertz CT molecular complexity index is 1430. The van der Waals surface area contributed by atoms with Crippen molar-refractivity contribution in [1.29, 1.82) is 5.26 Å². The zero-order valence-corrected chi connectivity index (χ0v) is 22.0. The smallest absolute Gasteiger partial charge is 0.338 e. The maximum absolute atomic E-state index is 13.3. The van der Waals surface area contributed by atoms with E-state index in [0.717, 1.165) is 11.3 Å². The van der Waals surface area contributed by atoms with E-state index in [1.54, 1.807) is 31.3 Å². The van der Waals surface area contributed by atoms with Crippen LogP contribution in [0.25, 0.3) is 11.3 Å². The molecule has 0 fully saturated rings. The quantitative estimate of drug-likeness (QED) is 0.238. The predicted octanol–water partition coefficient (Wildman–Crippen LogP) is 4.58. The Morgan fingerprint density at radius 1 is 1.13 bits per heavy atom. The molecular formula is C28H26N4O5S. The summed E-state index contributed by atoms with van der Waals surface area (Å²) in [4.78, 5) is 22.3. The Morgan fingerprint density at radius 2 is 1.92 bits per heavy atom. The number of nitrogens with zero attached hydrogens (tertiary/aromatic N) is 3. The second-order valence-corrected chi connectivity index (χ2v) is 8.89. The highest BCUT2D eigenvalue weighted by Crippen LogP contribution is 2.46. The molecule has 0 saturated heterocycles. The lowest BCUT2D eigenvalue weighted by Crippen LogP contribution is -2.27. The van der Waals surface area contributed by atoms with Gasteiger partial charge in [-0.25, -0.2) is 14.8 Å². The van der Waals surface area contributed by atoms with Crippen LogP contribution in [-0.2, 0) is 14.3 Å². The van der Waals surface area contributed by atoms with E-state index in [4.69, 9.17) is 24.7 Å². The topological polar surface area (TPSA) is 130 Å². The van der Waals surface area contributed by atoms with E-state index < -0.39 is 11.9 Å². The van der Waals surface area contributed by atoms with Crippen LogP contribution >= 0.6 is 11.8 Å². The van der Waals surface area contributed by atoms with Crippen molar-refractivity contribution < 1.29 is 23.7 Å². The molecule has 0 aliphatic carbocycles. The van der Waals surface area contributed by atoms with Crippen LogP contribution in [0, 0.1) is 11.3 Å². The van der Waals surface area contributed by atoms with E-state index in [1.807, 2.05) is 36.4 Å². The number of hydrogen-bond acceptors (Lipinski definition) is 10. The highest BCUT2D eigenvalue weighted by Gasteiger charge is 2.39. The number of carbonyl (C=O) groups excluding carboxylic acids is 1. The molecule has 1 atom stereocenters. The molecule has 9 nitrogen and oxygen atoms in total. The molecule has 0 radical (unpaired) electrons. The summed E-state index contributed by atoms with van der Waals surface area (Å²) in [6.45, 7) is 1.84. The van der Waals surface area contributed by atoms with E-state index in [2.05, 4.69) is 16.0 Å². The minimum absolute atomic E-state index is 0.0654. The van der Waals surface area contributed by atoms with Crippen molar-refractivity contribution in [2.24, 2.45) is 5.73 Å². The highest BCUT2D eigenvalue weighted by molar-refractivity contribution is 7.99. The van der Waals surface area contributed by atoms with Crippen LogP contribution in [0.4, 0.5) is 0 Å². The summed E-state index contributed by atoms with van der Waals surface area (Å²) in [6.07, 6.45) is 1.67. The average Bonchev–Trinajstić information content (AvgIpc) is 2.95. The Morgan fingerprint density at radius 3 is 2.61 bits per heavy atom. The minimum Gasteiger partial charge on any atom is -0.493 e. The molecule has 1 aromatic heterocycles. The molecule has 4 rings (SSSR count). The van der Waals surface area contributed by atoms with Crippen LogP contribution < -0.4 is 15.2 Å². The first-order valence-electron chi connectivity index (χ1n) is 11.7. The standard InChI is InChI=1S/C28H26N4O5S/c1-4-36-27(33)24-22(16-38-28-31-14-13-20(32-28)17-9-6-5-7-10-17)37-26(30)19(15-29)23(24)18-11-8-12-21(34-2)25(18)35-3/h5-14,23H,4,16,30H2,1-3H3/t23-/m0/s1. The summed E-state index contributed by atoms with van der Waals surface area (Å²) in [5.74, 6) is -0.414. The second kappa shape index (κ2) is 12.2. The fourth-order valence-corrected chi connectivity index (χ4v) is 4.89. The average molecular weight is 531 g/mol. The fraction of sp³-hybridized carbons (Fsp3) is 0.214. The van der Waals surface area contributed by atoms with Gasteiger partial charge in [-0.05, 0) is 19.1 Å². The van der Waals surface area contributed by atoms with Gasteiger partial charge in [-0.3, -0.25) is 0 Å². The first-order valence-corrected chi connectivity index (χ1v) is 12.7. The normalized spacial score (nSPS) is 14.9. The number of allylic oxidation sites excluding steroid dienone is 1. The second-order valence-electron chi connectivity index (χ2n) is 7.94. The molecule has 2 N–H and O–H groups in total. The van der Waals surface area contributed by atoms with Gasteiger partial charge in [-0.15, -0.1) is 0 Å². The molecule has 0 unspecified atom stereocenters. The molecular weight excluding hydrogens is 504 g/mol. The molecule has 2 heterocycles. The molecule has 1 aliphatic heterocycles. The number of carbonyl (C=O) groups is 1. The van der Waals surface area contributed by atoms with Gasteiger partial charge in [0.15, 0.2) is 16.7 Å². The molecule has 3 aromatic rings. The van der Waals surface area contributed by atoms with Crippen molar-refractivity contribution in [2.45, 2.75) is 18.0 Å². The number of methoxy groups -OCH3 is 2. The number of benzene rings is 2. The van der Waals surface area contributed by atoms with Gasteiger partial charge in [0, 0.05) is 17.3 Å². The largest absolute Gasteiger partial charge is 0.493 e. The maximum atomic E-state index is 13.3. The Kier molecular flexibility index (Phi) is 8.51. The first kappa shape index (κ1) is 26.6. The molecule has 0 saturated carbocycles. The van der Waals surface area contributed by atoms with E-state index in [1.165, 1.54) is 26.0 Å². The minimum atomic E-state index is -0.898. The van der Waals surface area contributed by atoms with Crippen molar-refractivity contribution in [2.75, 3.05) is 26.6 Å². The van der Waals surface area contributed by atoms with Crippen molar-refractivity contribution in [3.8, 4) is 28.8 Å². The Balaban J connectivity index is 1.78. The zero-order valence-electron chi connectivity index (χ0n) is 21.1. The lowest BCUT2D eigenvalue weighted by Gasteiger charge is -2.29. The Hall–Kier alpha value is -4.49. The van der Waals surface area contributed by atoms with Gasteiger partial charge in [0.1, 0.15) is 17.4 Å². The fourth-order valence-electron chi connectivity index (χ4n) is 4.12. The summed E-state index contributed by atoms with van der Waals surface area (Å²) in [5, 5.41) is 10.5. The summed E-state index contributed by atoms with van der Waals surface area (Å²) in [7, 11) is 3.00. The highest BCUT2D eigenvalue weighted by atomic mass is 32.2. The number of para-hydroxylation sites is 1. The van der Waals surface area contributed by atoms with Crippen molar-refractivity contribution >= 4 is 17.7 Å². The molecule has 2 aromatic carbocycles. The van der Waals surface area contributed by atoms with Gasteiger partial charge >= 0.3 is 5.97 Å². The molecule has 1 aliphatic rings. The number of thioether (sulfide) groups is 1. The zero-order chi connectivity index (χ0) is 27.1. The third kappa shape index (κ3) is 5.43. The molecule has 38 heavy (non-hydrogen) atoms. The van der Waals surface area contributed by atoms with Crippen LogP contribution in [-0.4, -0.2) is 42.5 Å². The van der Waals surface area contributed by atoms with E-state index in [0.29, 0.717) is 22.2 Å². The summed E-state index contributed by atoms with van der Waals surface area (Å²) in [5.41, 5.74) is 8.66. The van der Waals surface area contributed by atoms with Gasteiger partial charge < -0.3 is 24.7 Å². The molecule has 0 spiro atoms. The van der Waals surface area contributed by atoms with Crippen LogP contribution in [0.1, 0.15) is 18.4 Å². The van der Waals surface area contributed by atoms with Crippen LogP contribution in [0.5, 0.6) is 11.5 Å². The van der Waals surface area contributed by atoms with E-state index in [9.17, 15) is 10.1 Å². The lowest BCUT2D eigenvalue weighted by molar-refractivity contribution is -0.139. The predicted molar refractivity (Wildman–Crippen MR) is 142 cm³/mol. The maximum Gasteiger partial charge on any atom is 0.338 e. The van der Waals surface area contributed by atoms with Gasteiger partial charge in [-0.2, -0.15) is 5.26 Å². The van der Waals surface area contributed by atoms with Gasteiger partial charge in [-0.1, -0.05) is 54.2 Å². The Labute approximate surface area is 224 Å². The number of aromatic nitrogens is 2. The van der Waals surface area contributed by atoms with Crippen LogP contribution in [0.3, 0.4) is 0 Å². The van der Waals surface area contributed by atoms with Crippen LogP contribution in [0.2, 0.25) is 0 Å². The number of ether oxygens (including phenoxy) is 4. The van der Waals surface area contributed by atoms with Gasteiger partial charge in [0.05, 0.1) is 43.8 Å². The molecule has 0 amide bonds. The third-order valence-corrected chi connectivity index (χ3v) is 6.63. The molecule has 194 valence electrons. The lowest BCUT2D eigenvalue weighted by atomic mass is 9.82. The van der Waals surface area contributed by atoms with Gasteiger partial charge in [0.25, 0.3) is 0 Å². The summed E-state index contributed by atoms with van der Waals surface area (Å²) < 4.78 is 22.3. The monoisotopic (exact) mass is 530 g/mol. The van der Waals surface area contributed by atoms with Crippen molar-refractivity contribution in [3.05, 3.63) is 89.1 Å². The molecule has 10 heteroatoms. The molecule has 0 bridgehead atoms. The van der Waals surface area contributed by atoms with Crippen molar-refractivity contribution in [1.82, 2.24) is 9.97 Å². The SMILES string of the molecule is CCOC(=O)C1=C(CSc2nccc(-c3ccccc3)n2)OC(N)=C(C#N)[C@@H]1c1cccc(OC)c1OC. The van der Waals surface area contributed by atoms with Crippen molar-refractivity contribution in [3.63, 3.8) is 0 Å². The number of nitriles is 1. The van der Waals surface area contributed by atoms with Crippen LogP contribution in [0.15, 0.2) is 88.7 Å². The third-order valence-electron chi connectivity index (χ3n) is 5.77. The number of rotatable bonds is 9. The number of nitrogens with two attached hydrogens (primary N) is 1. The number of esters is 1. The number of hydrogen-bond donors (Lipinski definition) is 1. The summed E-state index contributed by atoms with van der Waals surface area (Å²) >= 11 is 1.27. The first-order chi connectivity index (χ1) is 18.5. The van der Waals surface area contributed by atoms with E-state index >= 15 is 0 Å². The summed E-state index contributed by atoms with van der Waals surface area (Å²) in [6, 6.07) is 18.9. The van der Waals surface area contributed by atoms with Gasteiger partial charge in [0.2, 0.25) is 5.88 Å². The van der Waals surface area contributed by atoms with E-state index in [-0.39, 0.29) is 35.1 Å².